The number of nitrogens with one attached hydrogen (secondary N) is 2. The van der Waals surface area contributed by atoms with Gasteiger partial charge in [-0.3, -0.25) is 4.79 Å². The first-order valence-electron chi connectivity index (χ1n) is 5.91. The predicted molar refractivity (Wildman–Crippen MR) is 69.0 cm³/mol. The Hall–Kier alpha value is -1.43. The van der Waals surface area contributed by atoms with E-state index < -0.39 is 0 Å². The van der Waals surface area contributed by atoms with Crippen LogP contribution in [0.5, 0.6) is 0 Å². The number of aliphatic hydroxyl groups is 1. The summed E-state index contributed by atoms with van der Waals surface area (Å²) >= 11 is 0. The van der Waals surface area contributed by atoms with E-state index >= 15 is 0 Å². The van der Waals surface area contributed by atoms with Crippen molar-refractivity contribution in [3.8, 4) is 0 Å². The van der Waals surface area contributed by atoms with Crippen molar-refractivity contribution in [1.82, 2.24) is 10.6 Å². The molecule has 0 atom stereocenters. The topological polar surface area (TPSA) is 70.6 Å². The number of methoxy groups -OCH3 is 1. The molecule has 0 saturated heterocycles. The second-order valence-corrected chi connectivity index (χ2v) is 3.92. The molecule has 18 heavy (non-hydrogen) atoms. The van der Waals surface area contributed by atoms with Gasteiger partial charge in [0.25, 0.3) is 0 Å². The molecule has 0 fully saturated rings. The highest BCUT2D eigenvalue weighted by atomic mass is 16.5. The van der Waals surface area contributed by atoms with E-state index in [1.165, 1.54) is 0 Å². The minimum atomic E-state index is -0.0426. The molecule has 0 unspecified atom stereocenters. The Labute approximate surface area is 107 Å². The van der Waals surface area contributed by atoms with Crippen molar-refractivity contribution in [2.24, 2.45) is 0 Å². The maximum absolute atomic E-state index is 11.3. The molecular weight excluding hydrogens is 232 g/mol. The van der Waals surface area contributed by atoms with E-state index in [2.05, 4.69) is 10.6 Å². The molecule has 0 aliphatic heterocycles. The Morgan fingerprint density at radius 2 is 1.94 bits per heavy atom. The summed E-state index contributed by atoms with van der Waals surface area (Å²) in [5, 5.41) is 14.7. The van der Waals surface area contributed by atoms with Crippen LogP contribution in [0.25, 0.3) is 0 Å². The van der Waals surface area contributed by atoms with E-state index in [9.17, 15) is 4.79 Å². The third-order valence-electron chi connectivity index (χ3n) is 2.45. The zero-order valence-corrected chi connectivity index (χ0v) is 10.6. The molecule has 0 aliphatic carbocycles. The van der Waals surface area contributed by atoms with Crippen LogP contribution in [0.2, 0.25) is 0 Å². The molecule has 0 heterocycles. The van der Waals surface area contributed by atoms with E-state index in [-0.39, 0.29) is 19.1 Å². The van der Waals surface area contributed by atoms with Gasteiger partial charge in [0, 0.05) is 20.2 Å². The molecule has 5 nitrogen and oxygen atoms in total. The number of benzene rings is 1. The summed E-state index contributed by atoms with van der Waals surface area (Å²) in [5.74, 6) is -0.0426. The van der Waals surface area contributed by atoms with Crippen molar-refractivity contribution in [1.29, 1.82) is 0 Å². The average Bonchev–Trinajstić information content (AvgIpc) is 2.40. The number of carbonyl (C=O) groups is 1. The number of carbonyl (C=O) groups excluding carboxylic acids is 1. The SMILES string of the molecule is COCCNC(=O)CNCc1ccc(CO)cc1. The Kier molecular flexibility index (Phi) is 7.01. The first-order valence-corrected chi connectivity index (χ1v) is 5.91. The Bertz CT molecular complexity index is 352. The number of amides is 1. The Balaban J connectivity index is 2.18. The Morgan fingerprint density at radius 3 is 2.56 bits per heavy atom. The van der Waals surface area contributed by atoms with Gasteiger partial charge in [0.2, 0.25) is 5.91 Å². The molecule has 100 valence electrons. The summed E-state index contributed by atoms with van der Waals surface area (Å²) in [6.07, 6.45) is 0. The summed E-state index contributed by atoms with van der Waals surface area (Å²) in [7, 11) is 1.60. The highest BCUT2D eigenvalue weighted by Gasteiger charge is 2.00. The highest BCUT2D eigenvalue weighted by molar-refractivity contribution is 5.77. The monoisotopic (exact) mass is 252 g/mol. The van der Waals surface area contributed by atoms with Gasteiger partial charge in [0.1, 0.15) is 0 Å². The van der Waals surface area contributed by atoms with Crippen molar-refractivity contribution in [2.45, 2.75) is 13.2 Å². The van der Waals surface area contributed by atoms with Gasteiger partial charge in [-0.05, 0) is 11.1 Å². The van der Waals surface area contributed by atoms with E-state index in [0.717, 1.165) is 11.1 Å². The zero-order valence-electron chi connectivity index (χ0n) is 10.6. The normalized spacial score (nSPS) is 10.3. The fraction of sp³-hybridized carbons (Fsp3) is 0.462. The minimum absolute atomic E-state index is 0.0426. The van der Waals surface area contributed by atoms with Crippen LogP contribution in [0.15, 0.2) is 24.3 Å². The zero-order chi connectivity index (χ0) is 13.2. The van der Waals surface area contributed by atoms with Crippen LogP contribution in [0.3, 0.4) is 0 Å². The number of aliphatic hydroxyl groups excluding tert-OH is 1. The lowest BCUT2D eigenvalue weighted by atomic mass is 10.1. The maximum atomic E-state index is 11.3. The van der Waals surface area contributed by atoms with Gasteiger partial charge in [-0.2, -0.15) is 0 Å². The minimum Gasteiger partial charge on any atom is -0.392 e. The smallest absolute Gasteiger partial charge is 0.234 e. The first kappa shape index (κ1) is 14.6. The third-order valence-corrected chi connectivity index (χ3v) is 2.45. The van der Waals surface area contributed by atoms with Crippen LogP contribution in [0, 0.1) is 0 Å². The second-order valence-electron chi connectivity index (χ2n) is 3.92. The molecule has 5 heteroatoms. The van der Waals surface area contributed by atoms with Gasteiger partial charge >= 0.3 is 0 Å². The van der Waals surface area contributed by atoms with Gasteiger partial charge in [0.05, 0.1) is 19.8 Å². The van der Waals surface area contributed by atoms with Gasteiger partial charge in [-0.15, -0.1) is 0 Å². The van der Waals surface area contributed by atoms with Crippen molar-refractivity contribution < 1.29 is 14.6 Å². The molecule has 0 bridgehead atoms. The quantitative estimate of drug-likeness (QED) is 0.571. The number of hydrogen-bond acceptors (Lipinski definition) is 4. The van der Waals surface area contributed by atoms with Gasteiger partial charge in [-0.25, -0.2) is 0 Å². The summed E-state index contributed by atoms with van der Waals surface area (Å²) in [5.41, 5.74) is 1.97. The van der Waals surface area contributed by atoms with Crippen LogP contribution in [0.1, 0.15) is 11.1 Å². The predicted octanol–water partition coefficient (Wildman–Crippen LogP) is 0.0311. The standard InChI is InChI=1S/C13H20N2O3/c1-18-7-6-15-13(17)9-14-8-11-2-4-12(10-16)5-3-11/h2-5,14,16H,6-10H2,1H3,(H,15,17). The van der Waals surface area contributed by atoms with Crippen molar-refractivity contribution in [2.75, 3.05) is 26.8 Å². The van der Waals surface area contributed by atoms with E-state index in [1.54, 1.807) is 7.11 Å². The highest BCUT2D eigenvalue weighted by Crippen LogP contribution is 2.03. The fourth-order valence-electron chi connectivity index (χ4n) is 1.44. The van der Waals surface area contributed by atoms with E-state index in [0.29, 0.717) is 19.7 Å². The summed E-state index contributed by atoms with van der Waals surface area (Å²) in [4.78, 5) is 11.3. The molecule has 0 aromatic heterocycles. The van der Waals surface area contributed by atoms with Crippen LogP contribution in [-0.4, -0.2) is 37.8 Å². The van der Waals surface area contributed by atoms with E-state index in [4.69, 9.17) is 9.84 Å². The average molecular weight is 252 g/mol. The number of hydrogen-bond donors (Lipinski definition) is 3. The van der Waals surface area contributed by atoms with Crippen molar-refractivity contribution >= 4 is 5.91 Å². The molecule has 3 N–H and O–H groups in total. The molecule has 1 amide bonds. The molecule has 0 aliphatic rings. The lowest BCUT2D eigenvalue weighted by molar-refractivity contribution is -0.120. The Morgan fingerprint density at radius 1 is 1.28 bits per heavy atom. The van der Waals surface area contributed by atoms with Crippen LogP contribution in [-0.2, 0) is 22.7 Å². The summed E-state index contributed by atoms with van der Waals surface area (Å²) in [6, 6.07) is 7.61. The molecule has 0 saturated carbocycles. The molecule has 1 aromatic rings. The third kappa shape index (κ3) is 5.77. The van der Waals surface area contributed by atoms with E-state index in [1.807, 2.05) is 24.3 Å². The molecule has 0 radical (unpaired) electrons. The lowest BCUT2D eigenvalue weighted by Gasteiger charge is -2.06. The van der Waals surface area contributed by atoms with Gasteiger partial charge in [-0.1, -0.05) is 24.3 Å². The first-order chi connectivity index (χ1) is 8.76. The lowest BCUT2D eigenvalue weighted by Crippen LogP contribution is -2.35. The molecule has 1 rings (SSSR count). The van der Waals surface area contributed by atoms with Gasteiger partial charge in [0.15, 0.2) is 0 Å². The largest absolute Gasteiger partial charge is 0.392 e. The summed E-state index contributed by atoms with van der Waals surface area (Å²) in [6.45, 7) is 2.01. The fourth-order valence-corrected chi connectivity index (χ4v) is 1.44. The number of ether oxygens (including phenoxy) is 1. The van der Waals surface area contributed by atoms with Crippen LogP contribution >= 0.6 is 0 Å². The van der Waals surface area contributed by atoms with Crippen molar-refractivity contribution in [3.63, 3.8) is 0 Å². The van der Waals surface area contributed by atoms with Crippen LogP contribution in [0.4, 0.5) is 0 Å². The molecule has 0 spiro atoms. The summed E-state index contributed by atoms with van der Waals surface area (Å²) < 4.78 is 4.83. The van der Waals surface area contributed by atoms with Crippen molar-refractivity contribution in [3.05, 3.63) is 35.4 Å². The van der Waals surface area contributed by atoms with Gasteiger partial charge < -0.3 is 20.5 Å². The number of rotatable bonds is 8. The van der Waals surface area contributed by atoms with Crippen LogP contribution < -0.4 is 10.6 Å². The maximum Gasteiger partial charge on any atom is 0.234 e. The molecule has 1 aromatic carbocycles. The molecular formula is C13H20N2O3. The second kappa shape index (κ2) is 8.63.